The summed E-state index contributed by atoms with van der Waals surface area (Å²) in [6.45, 7) is 3.54. The van der Waals surface area contributed by atoms with E-state index in [1.807, 2.05) is 11.8 Å². The maximum absolute atomic E-state index is 12.7. The predicted octanol–water partition coefficient (Wildman–Crippen LogP) is 3.05. The minimum atomic E-state index is -4.51. The number of anilines is 1. The summed E-state index contributed by atoms with van der Waals surface area (Å²) in [6.07, 6.45) is -4.51. The molecule has 0 spiro atoms. The van der Waals surface area contributed by atoms with E-state index in [1.165, 1.54) is 12.1 Å². The molecule has 0 heterocycles. The van der Waals surface area contributed by atoms with E-state index in [9.17, 15) is 13.2 Å². The van der Waals surface area contributed by atoms with Crippen LogP contribution in [0.5, 0.6) is 0 Å². The lowest BCUT2D eigenvalue weighted by Crippen LogP contribution is -2.27. The van der Waals surface area contributed by atoms with Crippen LogP contribution in [-0.4, -0.2) is 26.8 Å². The Labute approximate surface area is 110 Å². The lowest BCUT2D eigenvalue weighted by molar-refractivity contribution is -0.137. The lowest BCUT2D eigenvalue weighted by atomic mass is 10.1. The molecule has 19 heavy (non-hydrogen) atoms. The van der Waals surface area contributed by atoms with Gasteiger partial charge in [0.25, 0.3) is 0 Å². The van der Waals surface area contributed by atoms with Crippen molar-refractivity contribution in [2.45, 2.75) is 13.1 Å². The van der Waals surface area contributed by atoms with Gasteiger partial charge in [0, 0.05) is 25.9 Å². The number of hydrogen-bond donors (Lipinski definition) is 0. The summed E-state index contributed by atoms with van der Waals surface area (Å²) >= 11 is 0. The van der Waals surface area contributed by atoms with Crippen LogP contribution in [0.4, 0.5) is 18.9 Å². The first kappa shape index (κ1) is 15.3. The summed E-state index contributed by atoms with van der Waals surface area (Å²) in [5.74, 6) is 0. The molecule has 0 bridgehead atoms. The Morgan fingerprint density at radius 2 is 2.05 bits per heavy atom. The summed E-state index contributed by atoms with van der Waals surface area (Å²) < 4.78 is 42.9. The number of ether oxygens (including phenoxy) is 1. The molecular weight excluding hydrogens is 257 g/mol. The van der Waals surface area contributed by atoms with Crippen molar-refractivity contribution in [2.24, 2.45) is 0 Å². The number of likely N-dealkylation sites (N-methyl/N-ethyl adjacent to an activating group) is 1. The standard InChI is InChI=1S/C13H15F3N2O/c1-3-18(6-7-19-2)11-4-5-12(13(14,15)16)10(8-11)9-17/h4-5,8H,3,6-7H2,1-2H3. The number of alkyl halides is 3. The van der Waals surface area contributed by atoms with Crippen LogP contribution < -0.4 is 4.90 Å². The monoisotopic (exact) mass is 272 g/mol. The normalized spacial score (nSPS) is 11.2. The number of rotatable bonds is 5. The van der Waals surface area contributed by atoms with E-state index in [-0.39, 0.29) is 5.56 Å². The summed E-state index contributed by atoms with van der Waals surface area (Å²) in [5, 5.41) is 8.84. The smallest absolute Gasteiger partial charge is 0.383 e. The van der Waals surface area contributed by atoms with Crippen molar-refractivity contribution in [3.8, 4) is 6.07 Å². The maximum Gasteiger partial charge on any atom is 0.417 e. The van der Waals surface area contributed by atoms with Crippen LogP contribution in [0.3, 0.4) is 0 Å². The number of benzene rings is 1. The van der Waals surface area contributed by atoms with Crippen molar-refractivity contribution in [1.29, 1.82) is 5.26 Å². The molecule has 0 fully saturated rings. The van der Waals surface area contributed by atoms with Crippen LogP contribution in [0.1, 0.15) is 18.1 Å². The maximum atomic E-state index is 12.7. The highest BCUT2D eigenvalue weighted by molar-refractivity contribution is 5.55. The van der Waals surface area contributed by atoms with Crippen LogP contribution in [-0.2, 0) is 10.9 Å². The Morgan fingerprint density at radius 3 is 2.53 bits per heavy atom. The quantitative estimate of drug-likeness (QED) is 0.826. The molecule has 0 aliphatic carbocycles. The fourth-order valence-corrected chi connectivity index (χ4v) is 1.74. The SMILES string of the molecule is CCN(CCOC)c1ccc(C(F)(F)F)c(C#N)c1. The van der Waals surface area contributed by atoms with E-state index in [1.54, 1.807) is 13.2 Å². The van der Waals surface area contributed by atoms with Crippen molar-refractivity contribution >= 4 is 5.69 Å². The predicted molar refractivity (Wildman–Crippen MR) is 65.9 cm³/mol. The largest absolute Gasteiger partial charge is 0.417 e. The zero-order valence-corrected chi connectivity index (χ0v) is 10.8. The lowest BCUT2D eigenvalue weighted by Gasteiger charge is -2.23. The second kappa shape index (κ2) is 6.43. The summed E-state index contributed by atoms with van der Waals surface area (Å²) in [4.78, 5) is 1.85. The number of nitriles is 1. The molecule has 0 aromatic heterocycles. The summed E-state index contributed by atoms with van der Waals surface area (Å²) in [5.41, 5.74) is -0.675. The van der Waals surface area contributed by atoms with Gasteiger partial charge < -0.3 is 9.64 Å². The molecule has 0 atom stereocenters. The topological polar surface area (TPSA) is 36.3 Å². The van der Waals surface area contributed by atoms with Crippen LogP contribution >= 0.6 is 0 Å². The van der Waals surface area contributed by atoms with Crippen LogP contribution in [0, 0.1) is 11.3 Å². The molecule has 1 aromatic rings. The first-order valence-electron chi connectivity index (χ1n) is 5.79. The van der Waals surface area contributed by atoms with Gasteiger partial charge in [-0.2, -0.15) is 18.4 Å². The Morgan fingerprint density at radius 1 is 1.37 bits per heavy atom. The molecule has 0 aliphatic rings. The third-order valence-corrected chi connectivity index (χ3v) is 2.74. The number of nitrogens with zero attached hydrogens (tertiary/aromatic N) is 2. The van der Waals surface area contributed by atoms with Gasteiger partial charge in [0.2, 0.25) is 0 Å². The number of methoxy groups -OCH3 is 1. The average molecular weight is 272 g/mol. The van der Waals surface area contributed by atoms with E-state index >= 15 is 0 Å². The number of hydrogen-bond acceptors (Lipinski definition) is 3. The Balaban J connectivity index is 3.09. The van der Waals surface area contributed by atoms with Crippen molar-refractivity contribution in [3.05, 3.63) is 29.3 Å². The zero-order chi connectivity index (χ0) is 14.5. The third-order valence-electron chi connectivity index (χ3n) is 2.74. The van der Waals surface area contributed by atoms with Crippen LogP contribution in [0.15, 0.2) is 18.2 Å². The van der Waals surface area contributed by atoms with Gasteiger partial charge in [0.05, 0.1) is 23.8 Å². The molecule has 0 saturated heterocycles. The van der Waals surface area contributed by atoms with Crippen molar-refractivity contribution < 1.29 is 17.9 Å². The Bertz CT molecular complexity index is 466. The molecule has 6 heteroatoms. The van der Waals surface area contributed by atoms with Crippen molar-refractivity contribution in [3.63, 3.8) is 0 Å². The Kier molecular flexibility index (Phi) is 5.19. The molecule has 0 saturated carbocycles. The van der Waals surface area contributed by atoms with E-state index in [0.717, 1.165) is 6.07 Å². The molecule has 1 rings (SSSR count). The van der Waals surface area contributed by atoms with Gasteiger partial charge in [0.1, 0.15) is 0 Å². The molecule has 0 radical (unpaired) electrons. The highest BCUT2D eigenvalue weighted by Gasteiger charge is 2.33. The molecule has 0 amide bonds. The van der Waals surface area contributed by atoms with Gasteiger partial charge >= 0.3 is 6.18 Å². The second-order valence-electron chi connectivity index (χ2n) is 3.91. The van der Waals surface area contributed by atoms with E-state index in [4.69, 9.17) is 10.00 Å². The molecule has 3 nitrogen and oxygen atoms in total. The molecule has 0 aliphatic heterocycles. The van der Waals surface area contributed by atoms with Gasteiger partial charge in [-0.1, -0.05) is 0 Å². The van der Waals surface area contributed by atoms with Crippen LogP contribution in [0.25, 0.3) is 0 Å². The van der Waals surface area contributed by atoms with E-state index < -0.39 is 11.7 Å². The summed E-state index contributed by atoms with van der Waals surface area (Å²) in [7, 11) is 1.56. The van der Waals surface area contributed by atoms with Gasteiger partial charge in [-0.05, 0) is 25.1 Å². The first-order valence-corrected chi connectivity index (χ1v) is 5.79. The van der Waals surface area contributed by atoms with Gasteiger partial charge in [-0.25, -0.2) is 0 Å². The summed E-state index contributed by atoms with van der Waals surface area (Å²) in [6, 6.07) is 5.19. The van der Waals surface area contributed by atoms with Crippen LogP contribution in [0.2, 0.25) is 0 Å². The van der Waals surface area contributed by atoms with Gasteiger partial charge in [-0.3, -0.25) is 0 Å². The molecule has 0 unspecified atom stereocenters. The van der Waals surface area contributed by atoms with Gasteiger partial charge in [-0.15, -0.1) is 0 Å². The third kappa shape index (κ3) is 3.86. The minimum Gasteiger partial charge on any atom is -0.383 e. The first-order chi connectivity index (χ1) is 8.93. The second-order valence-corrected chi connectivity index (χ2v) is 3.91. The molecular formula is C13H15F3N2O. The number of halogens is 3. The van der Waals surface area contributed by atoms with Crippen molar-refractivity contribution in [2.75, 3.05) is 31.7 Å². The molecule has 1 aromatic carbocycles. The highest BCUT2D eigenvalue weighted by atomic mass is 19.4. The fraction of sp³-hybridized carbons (Fsp3) is 0.462. The van der Waals surface area contributed by atoms with E-state index in [2.05, 4.69) is 0 Å². The Hall–Kier alpha value is -1.74. The zero-order valence-electron chi connectivity index (χ0n) is 10.8. The molecule has 104 valence electrons. The highest BCUT2D eigenvalue weighted by Crippen LogP contribution is 2.33. The fourth-order valence-electron chi connectivity index (χ4n) is 1.74. The average Bonchev–Trinajstić information content (AvgIpc) is 2.38. The van der Waals surface area contributed by atoms with Crippen molar-refractivity contribution in [1.82, 2.24) is 0 Å². The van der Waals surface area contributed by atoms with Gasteiger partial charge in [0.15, 0.2) is 0 Å². The van der Waals surface area contributed by atoms with E-state index in [0.29, 0.717) is 25.4 Å². The molecule has 0 N–H and O–H groups in total. The minimum absolute atomic E-state index is 0.360.